The van der Waals surface area contributed by atoms with Gasteiger partial charge in [-0.3, -0.25) is 5.41 Å². The number of amidine groups is 1. The third-order valence-corrected chi connectivity index (χ3v) is 3.89. The minimum absolute atomic E-state index is 0.495. The van der Waals surface area contributed by atoms with Crippen LogP contribution in [0, 0.1) is 5.41 Å². The van der Waals surface area contributed by atoms with Crippen LogP contribution in [0.25, 0.3) is 0 Å². The quantitative estimate of drug-likeness (QED) is 0.867. The zero-order valence-electron chi connectivity index (χ0n) is 9.86. The largest absolute Gasteiger partial charge is 0.348 e. The summed E-state index contributed by atoms with van der Waals surface area (Å²) in [6, 6.07) is 8.77. The van der Waals surface area contributed by atoms with E-state index in [0.717, 1.165) is 24.3 Å². The Hall–Kier alpha value is -0.960. The Bertz CT molecular complexity index is 389. The van der Waals surface area contributed by atoms with Crippen molar-refractivity contribution in [2.75, 3.05) is 12.0 Å². The van der Waals surface area contributed by atoms with Gasteiger partial charge < -0.3 is 4.90 Å². The second kappa shape index (κ2) is 4.91. The van der Waals surface area contributed by atoms with Crippen LogP contribution in [0.4, 0.5) is 0 Å². The fourth-order valence-electron chi connectivity index (χ4n) is 2.24. The molecule has 3 heteroatoms. The lowest BCUT2D eigenvalue weighted by Gasteiger charge is -2.27. The van der Waals surface area contributed by atoms with Gasteiger partial charge in [-0.2, -0.15) is 11.8 Å². The first-order valence-electron chi connectivity index (χ1n) is 5.70. The van der Waals surface area contributed by atoms with Crippen molar-refractivity contribution in [3.63, 3.8) is 0 Å². The van der Waals surface area contributed by atoms with Gasteiger partial charge in [0.1, 0.15) is 5.84 Å². The lowest BCUT2D eigenvalue weighted by Crippen LogP contribution is -2.36. The topological polar surface area (TPSA) is 27.1 Å². The number of rotatable bonds is 4. The van der Waals surface area contributed by atoms with Crippen LogP contribution in [0.3, 0.4) is 0 Å². The molecule has 1 N–H and O–H groups in total. The molecule has 0 fully saturated rings. The van der Waals surface area contributed by atoms with Gasteiger partial charge in [0.05, 0.1) is 0 Å². The first-order chi connectivity index (χ1) is 7.77. The smallest absolute Gasteiger partial charge is 0.128 e. The summed E-state index contributed by atoms with van der Waals surface area (Å²) in [6.45, 7) is 3.12. The molecule has 1 unspecified atom stereocenters. The van der Waals surface area contributed by atoms with Crippen molar-refractivity contribution in [2.24, 2.45) is 0 Å². The fraction of sp³-hybridized carbons (Fsp3) is 0.462. The lowest BCUT2D eigenvalue weighted by molar-refractivity contribution is 0.331. The van der Waals surface area contributed by atoms with Crippen molar-refractivity contribution in [1.82, 2.24) is 4.90 Å². The predicted octanol–water partition coefficient (Wildman–Crippen LogP) is 2.97. The molecule has 0 amide bonds. The van der Waals surface area contributed by atoms with E-state index in [-0.39, 0.29) is 0 Å². The van der Waals surface area contributed by atoms with E-state index in [1.165, 1.54) is 5.56 Å². The van der Waals surface area contributed by atoms with E-state index in [9.17, 15) is 0 Å². The summed E-state index contributed by atoms with van der Waals surface area (Å²) in [4.78, 5) is 2.24. The summed E-state index contributed by atoms with van der Waals surface area (Å²) in [6.07, 6.45) is 3.24. The minimum Gasteiger partial charge on any atom is -0.348 e. The van der Waals surface area contributed by atoms with Crippen molar-refractivity contribution in [2.45, 2.75) is 25.9 Å². The molecule has 0 spiro atoms. The first kappa shape index (κ1) is 11.5. The normalized spacial score (nSPS) is 16.4. The monoisotopic (exact) mass is 234 g/mol. The highest BCUT2D eigenvalue weighted by atomic mass is 32.2. The van der Waals surface area contributed by atoms with Crippen molar-refractivity contribution in [3.05, 3.63) is 35.4 Å². The van der Waals surface area contributed by atoms with Crippen LogP contribution in [0.15, 0.2) is 24.3 Å². The Kier molecular flexibility index (Phi) is 3.54. The maximum absolute atomic E-state index is 8.22. The Balaban J connectivity index is 2.20. The Morgan fingerprint density at radius 3 is 2.81 bits per heavy atom. The molecule has 1 aromatic rings. The van der Waals surface area contributed by atoms with Gasteiger partial charge in [0.25, 0.3) is 0 Å². The SMILES string of the molecule is CCC(CSC)N1Cc2ccccc2C1=N. The zero-order valence-corrected chi connectivity index (χ0v) is 10.7. The highest BCUT2D eigenvalue weighted by Gasteiger charge is 2.28. The molecule has 0 aromatic heterocycles. The van der Waals surface area contributed by atoms with Gasteiger partial charge in [-0.15, -0.1) is 0 Å². The molecule has 1 atom stereocenters. The maximum atomic E-state index is 8.22. The maximum Gasteiger partial charge on any atom is 0.128 e. The van der Waals surface area contributed by atoms with Crippen LogP contribution in [0.1, 0.15) is 24.5 Å². The number of hydrogen-bond donors (Lipinski definition) is 1. The molecule has 0 saturated heterocycles. The molecule has 16 heavy (non-hydrogen) atoms. The van der Waals surface area contributed by atoms with Crippen LogP contribution in [-0.4, -0.2) is 28.8 Å². The summed E-state index contributed by atoms with van der Waals surface area (Å²) < 4.78 is 0. The van der Waals surface area contributed by atoms with Crippen LogP contribution in [-0.2, 0) is 6.54 Å². The number of benzene rings is 1. The average molecular weight is 234 g/mol. The van der Waals surface area contributed by atoms with Gasteiger partial charge in [0.15, 0.2) is 0 Å². The van der Waals surface area contributed by atoms with Gasteiger partial charge in [0, 0.05) is 23.9 Å². The van der Waals surface area contributed by atoms with E-state index in [1.807, 2.05) is 17.8 Å². The predicted molar refractivity (Wildman–Crippen MR) is 71.3 cm³/mol. The molecule has 1 aliphatic heterocycles. The van der Waals surface area contributed by atoms with Crippen LogP contribution in [0.5, 0.6) is 0 Å². The van der Waals surface area contributed by atoms with Crippen LogP contribution < -0.4 is 0 Å². The number of hydrogen-bond acceptors (Lipinski definition) is 2. The highest BCUT2D eigenvalue weighted by Crippen LogP contribution is 2.26. The van der Waals surface area contributed by atoms with Crippen molar-refractivity contribution < 1.29 is 0 Å². The van der Waals surface area contributed by atoms with E-state index in [0.29, 0.717) is 11.9 Å². The van der Waals surface area contributed by atoms with Gasteiger partial charge >= 0.3 is 0 Å². The molecule has 86 valence electrons. The molecule has 2 rings (SSSR count). The lowest BCUT2D eigenvalue weighted by atomic mass is 10.1. The summed E-state index contributed by atoms with van der Waals surface area (Å²) in [7, 11) is 0. The minimum atomic E-state index is 0.495. The van der Waals surface area contributed by atoms with Crippen molar-refractivity contribution >= 4 is 17.6 Å². The Morgan fingerprint density at radius 1 is 1.44 bits per heavy atom. The summed E-state index contributed by atoms with van der Waals surface area (Å²) in [5.41, 5.74) is 2.41. The number of thioether (sulfide) groups is 1. The van der Waals surface area contributed by atoms with E-state index in [4.69, 9.17) is 5.41 Å². The molecule has 2 nitrogen and oxygen atoms in total. The van der Waals surface area contributed by atoms with Crippen molar-refractivity contribution in [1.29, 1.82) is 5.41 Å². The van der Waals surface area contributed by atoms with Gasteiger partial charge in [0.2, 0.25) is 0 Å². The first-order valence-corrected chi connectivity index (χ1v) is 7.09. The average Bonchev–Trinajstić information content (AvgIpc) is 2.64. The molecule has 1 heterocycles. The van der Waals surface area contributed by atoms with E-state index >= 15 is 0 Å². The van der Waals surface area contributed by atoms with E-state index in [2.05, 4.69) is 36.3 Å². The fourth-order valence-corrected chi connectivity index (χ4v) is 3.04. The molecular formula is C13H18N2S. The van der Waals surface area contributed by atoms with Gasteiger partial charge in [-0.05, 0) is 18.2 Å². The van der Waals surface area contributed by atoms with Crippen LogP contribution in [0.2, 0.25) is 0 Å². The molecule has 0 radical (unpaired) electrons. The highest BCUT2D eigenvalue weighted by molar-refractivity contribution is 7.98. The molecule has 0 aliphatic carbocycles. The van der Waals surface area contributed by atoms with E-state index in [1.54, 1.807) is 0 Å². The second-order valence-electron chi connectivity index (χ2n) is 4.15. The Labute approximate surface area is 102 Å². The third-order valence-electron chi connectivity index (χ3n) is 3.17. The van der Waals surface area contributed by atoms with Crippen LogP contribution >= 0.6 is 11.8 Å². The third kappa shape index (κ3) is 1.96. The van der Waals surface area contributed by atoms with Crippen molar-refractivity contribution in [3.8, 4) is 0 Å². The number of fused-ring (bicyclic) bond motifs is 1. The standard InChI is InChI=1S/C13H18N2S/c1-3-11(9-16-2)15-8-10-6-4-5-7-12(10)13(15)14/h4-7,11,14H,3,8-9H2,1-2H3. The molecule has 0 saturated carbocycles. The summed E-state index contributed by atoms with van der Waals surface area (Å²) >= 11 is 1.86. The van der Waals surface area contributed by atoms with Gasteiger partial charge in [-0.1, -0.05) is 31.2 Å². The molecule has 0 bridgehead atoms. The molecule has 1 aliphatic rings. The Morgan fingerprint density at radius 2 is 2.19 bits per heavy atom. The molecular weight excluding hydrogens is 216 g/mol. The molecule has 1 aromatic carbocycles. The van der Waals surface area contributed by atoms with E-state index < -0.39 is 0 Å². The van der Waals surface area contributed by atoms with Gasteiger partial charge in [-0.25, -0.2) is 0 Å². The number of nitrogens with one attached hydrogen (secondary N) is 1. The number of nitrogens with zero attached hydrogens (tertiary/aromatic N) is 1. The second-order valence-corrected chi connectivity index (χ2v) is 5.06. The summed E-state index contributed by atoms with van der Waals surface area (Å²) in [5.74, 6) is 1.81. The summed E-state index contributed by atoms with van der Waals surface area (Å²) in [5, 5.41) is 8.22. The zero-order chi connectivity index (χ0) is 11.5.